The van der Waals surface area contributed by atoms with Crippen molar-refractivity contribution in [1.82, 2.24) is 78.9 Å². The first kappa shape index (κ1) is 98.8. The topological polar surface area (TPSA) is 528 Å². The van der Waals surface area contributed by atoms with E-state index in [4.69, 9.17) is 51.6 Å². The van der Waals surface area contributed by atoms with Crippen molar-refractivity contribution in [3.63, 3.8) is 0 Å². The summed E-state index contributed by atoms with van der Waals surface area (Å²) in [5, 5.41) is 100.0. The molecule has 0 aromatic rings. The largest absolute Gasteiger partial charge is 0.396 e. The SMILES string of the molecule is CC[C@H](C)[C@@H](CN[C@@H](CCCCN)CN[C@@H](C)CN[C@@H](CCCN=C(N)N)CNCCN[C@@H](CCCCN)CN[C@H](CN[C@@H](CCCCN)CN[C@H](CN[C@@H](CCCCN)CN1CCC[C@H]1CN[C@H](CN1CCC[C@H]1CN[C@@H](CO)CN[C@H](CN)CO)[C@@H](C)O)[C@@H](C)O)CC(N)=O)NC[C@@H](N)CCCO. The highest BCUT2D eigenvalue weighted by Gasteiger charge is 2.33. The Hall–Kier alpha value is -2.30. The van der Waals surface area contributed by atoms with Gasteiger partial charge in [-0.05, 0) is 169 Å². The third kappa shape index (κ3) is 49.0. The number of carbonyl (C=O) groups excluding carboxylic acids is 1. The minimum Gasteiger partial charge on any atom is -0.396 e. The van der Waals surface area contributed by atoms with Gasteiger partial charge < -0.3 is 146 Å². The molecule has 2 fully saturated rings. The molecule has 31 nitrogen and oxygen atoms in total. The number of guanidine groups is 1. The number of nitrogens with one attached hydrogen (secondary N) is 13. The Bertz CT molecular complexity index is 2020. The van der Waals surface area contributed by atoms with Crippen molar-refractivity contribution in [3.05, 3.63) is 0 Å². The minimum atomic E-state index is -0.625. The van der Waals surface area contributed by atoms with Crippen LogP contribution in [0.15, 0.2) is 4.99 Å². The highest BCUT2D eigenvalue weighted by atomic mass is 16.3. The van der Waals surface area contributed by atoms with Gasteiger partial charge in [0.2, 0.25) is 5.91 Å². The standard InChI is InChI=1S/C74H167N25O6/c1-6-55(2)70(95-40-59(80)19-18-36-100)49-93-62(21-8-12-28-76)42-87-56(3)39-88-60(24-15-31-86-74(82)83)41-84-32-33-85-61(20-7-11-27-75)43-90-65(37-73(81)105)45-89-63(22-9-13-29-77)44-96-71(57(4)103)50-94-64(23-10-14-30-78)51-98-34-16-26-69(98)48-97-72(58(5)104)52-99-35-17-25-68(99)47-92-67(54-102)46-91-66(38-79)53-101/h55-72,84-85,87-97,100-104H,6-54,75-80H2,1-5H3,(H2,81,105)(H4,82,83,86)/t55-,56-,57+,58+,59-,60-,61-,62-,63-,64-,65-,66+,67+,68-,69-,70+,71+,72+/m0/s1. The fourth-order valence-corrected chi connectivity index (χ4v) is 14.3. The number of likely N-dealkylation sites (tertiary alicyclic amines) is 2. The highest BCUT2D eigenvalue weighted by molar-refractivity contribution is 5.75. The second kappa shape index (κ2) is 64.2. The molecule has 624 valence electrons. The number of nitrogens with zero attached hydrogens (tertiary/aromatic N) is 3. The third-order valence-electron chi connectivity index (χ3n) is 21.6. The zero-order valence-corrected chi connectivity index (χ0v) is 66.7. The Balaban J connectivity index is 2.07. The van der Waals surface area contributed by atoms with Crippen molar-refractivity contribution in [3.8, 4) is 0 Å². The van der Waals surface area contributed by atoms with E-state index >= 15 is 0 Å². The molecule has 0 saturated carbocycles. The highest BCUT2D eigenvalue weighted by Crippen LogP contribution is 2.21. The van der Waals surface area contributed by atoms with Crippen LogP contribution in [-0.2, 0) is 4.79 Å². The summed E-state index contributed by atoms with van der Waals surface area (Å²) < 4.78 is 0. The molecule has 2 aliphatic heterocycles. The molecular weight excluding hydrogens is 1330 g/mol. The summed E-state index contributed by atoms with van der Waals surface area (Å²) in [7, 11) is 0. The number of hydrogen-bond acceptors (Lipinski definition) is 28. The molecule has 2 heterocycles. The van der Waals surface area contributed by atoms with Crippen molar-refractivity contribution < 1.29 is 30.3 Å². The van der Waals surface area contributed by atoms with Gasteiger partial charge >= 0.3 is 0 Å². The predicted octanol–water partition coefficient (Wildman–Crippen LogP) is -4.68. The van der Waals surface area contributed by atoms with Gasteiger partial charge in [-0.2, -0.15) is 0 Å². The quantitative estimate of drug-likeness (QED) is 0.0155. The third-order valence-corrected chi connectivity index (χ3v) is 21.6. The number of aliphatic hydroxyl groups excluding tert-OH is 5. The van der Waals surface area contributed by atoms with Crippen LogP contribution in [0.3, 0.4) is 0 Å². The monoisotopic (exact) mass is 1500 g/mol. The van der Waals surface area contributed by atoms with E-state index in [1.165, 1.54) is 0 Å². The van der Waals surface area contributed by atoms with Crippen LogP contribution in [0.2, 0.25) is 0 Å². The number of rotatable bonds is 75. The molecule has 0 aliphatic carbocycles. The van der Waals surface area contributed by atoms with Crippen molar-refractivity contribution in [1.29, 1.82) is 0 Å². The Kier molecular flexibility index (Phi) is 60.4. The van der Waals surface area contributed by atoms with E-state index in [1.54, 1.807) is 0 Å². The number of primary amides is 1. The van der Waals surface area contributed by atoms with Gasteiger partial charge in [0.05, 0.1) is 25.4 Å². The molecule has 0 radical (unpaired) electrons. The summed E-state index contributed by atoms with van der Waals surface area (Å²) in [6.45, 7) is 27.4. The number of amides is 1. The van der Waals surface area contributed by atoms with E-state index in [2.05, 4.69) is 105 Å². The molecule has 0 spiro atoms. The molecule has 2 saturated heterocycles. The maximum absolute atomic E-state index is 12.7. The van der Waals surface area contributed by atoms with Gasteiger partial charge in [-0.1, -0.05) is 46.0 Å². The molecule has 0 aromatic carbocycles. The van der Waals surface area contributed by atoms with Crippen LogP contribution in [-0.4, -0.2) is 327 Å². The first-order valence-corrected chi connectivity index (χ1v) is 41.5. The van der Waals surface area contributed by atoms with Crippen LogP contribution in [0.1, 0.15) is 176 Å². The summed E-state index contributed by atoms with van der Waals surface area (Å²) in [5.41, 5.74) is 53.5. The lowest BCUT2D eigenvalue weighted by Crippen LogP contribution is -2.55. The predicted molar refractivity (Wildman–Crippen MR) is 435 cm³/mol. The summed E-state index contributed by atoms with van der Waals surface area (Å²) >= 11 is 0. The van der Waals surface area contributed by atoms with Gasteiger partial charge in [-0.25, -0.2) is 0 Å². The normalized spacial score (nSPS) is 20.0. The molecule has 1 amide bonds. The van der Waals surface area contributed by atoms with Gasteiger partial charge in [-0.3, -0.25) is 19.6 Å². The minimum absolute atomic E-state index is 0.0142. The van der Waals surface area contributed by atoms with Crippen LogP contribution >= 0.6 is 0 Å². The Morgan fingerprint density at radius 1 is 0.467 bits per heavy atom. The van der Waals surface area contributed by atoms with Crippen molar-refractivity contribution in [2.75, 3.05) is 177 Å². The lowest BCUT2D eigenvalue weighted by Gasteiger charge is -2.35. The van der Waals surface area contributed by atoms with E-state index in [9.17, 15) is 30.3 Å². The molecule has 0 unspecified atom stereocenters. The van der Waals surface area contributed by atoms with Gasteiger partial charge in [0, 0.05) is 221 Å². The lowest BCUT2D eigenvalue weighted by atomic mass is 9.97. The van der Waals surface area contributed by atoms with Crippen LogP contribution < -0.4 is 121 Å². The molecule has 0 aromatic heterocycles. The lowest BCUT2D eigenvalue weighted by molar-refractivity contribution is -0.118. The average molecular weight is 1500 g/mol. The van der Waals surface area contributed by atoms with Crippen LogP contribution in [0.25, 0.3) is 0 Å². The molecule has 2 aliphatic rings. The Morgan fingerprint density at radius 3 is 1.50 bits per heavy atom. The summed E-state index contributed by atoms with van der Waals surface area (Å²) in [4.78, 5) is 22.0. The molecule has 105 heavy (non-hydrogen) atoms. The molecule has 2 rings (SSSR count). The average Bonchev–Trinajstić information content (AvgIpc) is 1.75. The fraction of sp³-hybridized carbons (Fsp3) is 0.973. The first-order valence-electron chi connectivity index (χ1n) is 41.5. The van der Waals surface area contributed by atoms with Crippen molar-refractivity contribution >= 4 is 11.9 Å². The summed E-state index contributed by atoms with van der Waals surface area (Å²) in [6, 6.07) is 1.07. The Morgan fingerprint density at radius 2 is 0.943 bits per heavy atom. The van der Waals surface area contributed by atoms with Gasteiger partial charge in [0.25, 0.3) is 0 Å². The number of unbranched alkanes of at least 4 members (excludes halogenated alkanes) is 4. The Labute approximate surface area is 636 Å². The van der Waals surface area contributed by atoms with Crippen molar-refractivity contribution in [2.24, 2.45) is 62.5 Å². The first-order chi connectivity index (χ1) is 50.8. The molecule has 31 heteroatoms. The second-order valence-corrected chi connectivity index (χ2v) is 30.9. The zero-order valence-electron chi connectivity index (χ0n) is 66.7. The van der Waals surface area contributed by atoms with Crippen LogP contribution in [0.5, 0.6) is 0 Å². The van der Waals surface area contributed by atoms with Gasteiger partial charge in [-0.15, -0.1) is 0 Å². The zero-order chi connectivity index (χ0) is 77.2. The molecular formula is C74H167N25O6. The van der Waals surface area contributed by atoms with E-state index in [1.807, 2.05) is 13.8 Å². The number of nitrogens with two attached hydrogens (primary N) is 9. The van der Waals surface area contributed by atoms with Crippen LogP contribution in [0.4, 0.5) is 0 Å². The van der Waals surface area contributed by atoms with E-state index in [0.717, 1.165) is 213 Å². The van der Waals surface area contributed by atoms with Crippen molar-refractivity contribution in [2.45, 2.75) is 279 Å². The number of hydrogen-bond donors (Lipinski definition) is 27. The van der Waals surface area contributed by atoms with Crippen LogP contribution in [0, 0.1) is 5.92 Å². The number of aliphatic hydroxyl groups is 5. The number of carbonyl (C=O) groups is 1. The number of aliphatic imine (C=N–C) groups is 1. The smallest absolute Gasteiger partial charge is 0.219 e. The summed E-state index contributed by atoms with van der Waals surface area (Å²) in [5.74, 6) is 0.219. The molecule has 18 atom stereocenters. The van der Waals surface area contributed by atoms with Gasteiger partial charge in [0.1, 0.15) is 0 Å². The molecule has 36 N–H and O–H groups in total. The maximum atomic E-state index is 12.7. The van der Waals surface area contributed by atoms with E-state index in [-0.39, 0.29) is 123 Å². The summed E-state index contributed by atoms with van der Waals surface area (Å²) in [6.07, 6.45) is 19.1. The van der Waals surface area contributed by atoms with E-state index < -0.39 is 12.2 Å². The molecule has 0 bridgehead atoms. The fourth-order valence-electron chi connectivity index (χ4n) is 14.3. The second-order valence-electron chi connectivity index (χ2n) is 30.9. The maximum Gasteiger partial charge on any atom is 0.219 e. The van der Waals surface area contributed by atoms with Gasteiger partial charge in [0.15, 0.2) is 5.96 Å². The van der Waals surface area contributed by atoms with E-state index in [0.29, 0.717) is 90.4 Å².